The summed E-state index contributed by atoms with van der Waals surface area (Å²) in [6.07, 6.45) is 0.371. The van der Waals surface area contributed by atoms with E-state index in [2.05, 4.69) is 5.32 Å². The molecule has 1 amide bonds. The van der Waals surface area contributed by atoms with Gasteiger partial charge in [-0.3, -0.25) is 4.79 Å². The summed E-state index contributed by atoms with van der Waals surface area (Å²) in [5, 5.41) is 2.86. The van der Waals surface area contributed by atoms with Crippen molar-refractivity contribution in [2.45, 2.75) is 12.6 Å². The second-order valence-corrected chi connectivity index (χ2v) is 4.27. The van der Waals surface area contributed by atoms with E-state index < -0.39 is 0 Å². The molecule has 0 aromatic heterocycles. The molecule has 1 unspecified atom stereocenters. The number of carbonyl (C=O) groups is 1. The van der Waals surface area contributed by atoms with E-state index in [1.54, 1.807) is 6.07 Å². The highest BCUT2D eigenvalue weighted by molar-refractivity contribution is 5.97. The second kappa shape index (κ2) is 4.53. The van der Waals surface area contributed by atoms with Gasteiger partial charge in [0.2, 0.25) is 0 Å². The summed E-state index contributed by atoms with van der Waals surface area (Å²) < 4.78 is 5.77. The molecule has 1 atom stereocenters. The molecule has 3 heteroatoms. The number of amides is 1. The topological polar surface area (TPSA) is 38.3 Å². The molecular formula is C15H13NO2. The van der Waals surface area contributed by atoms with E-state index in [1.807, 2.05) is 48.5 Å². The first-order valence-corrected chi connectivity index (χ1v) is 5.93. The van der Waals surface area contributed by atoms with E-state index in [4.69, 9.17) is 4.74 Å². The van der Waals surface area contributed by atoms with Crippen molar-refractivity contribution < 1.29 is 9.53 Å². The largest absolute Gasteiger partial charge is 0.469 e. The normalized spacial score (nSPS) is 17.6. The van der Waals surface area contributed by atoms with E-state index in [0.29, 0.717) is 17.7 Å². The predicted octanol–water partition coefficient (Wildman–Crippen LogP) is 2.38. The zero-order valence-corrected chi connectivity index (χ0v) is 9.80. The molecule has 0 saturated carbocycles. The minimum Gasteiger partial charge on any atom is -0.469 e. The van der Waals surface area contributed by atoms with Crippen molar-refractivity contribution in [1.29, 1.82) is 0 Å². The zero-order chi connectivity index (χ0) is 12.4. The van der Waals surface area contributed by atoms with E-state index in [-0.39, 0.29) is 12.1 Å². The van der Waals surface area contributed by atoms with Gasteiger partial charge in [-0.15, -0.1) is 0 Å². The Labute approximate surface area is 105 Å². The summed E-state index contributed by atoms with van der Waals surface area (Å²) in [7, 11) is 0. The highest BCUT2D eigenvalue weighted by Crippen LogP contribution is 2.23. The third-order valence-electron chi connectivity index (χ3n) is 2.96. The van der Waals surface area contributed by atoms with Gasteiger partial charge in [0.15, 0.2) is 6.23 Å². The molecule has 0 aliphatic carbocycles. The average molecular weight is 239 g/mol. The molecule has 0 fully saturated rings. The lowest BCUT2D eigenvalue weighted by atomic mass is 10.1. The Hall–Kier alpha value is -2.29. The van der Waals surface area contributed by atoms with Crippen LogP contribution in [0.1, 0.15) is 15.9 Å². The first-order valence-electron chi connectivity index (χ1n) is 5.93. The van der Waals surface area contributed by atoms with Gasteiger partial charge in [0.25, 0.3) is 5.91 Å². The molecule has 2 aromatic rings. The summed E-state index contributed by atoms with van der Waals surface area (Å²) in [5.74, 6) is 0.583. The van der Waals surface area contributed by atoms with Crippen molar-refractivity contribution >= 4 is 5.91 Å². The van der Waals surface area contributed by atoms with Crippen LogP contribution in [0.3, 0.4) is 0 Å². The fourth-order valence-corrected chi connectivity index (χ4v) is 2.08. The van der Waals surface area contributed by atoms with Crippen LogP contribution in [0, 0.1) is 0 Å². The van der Waals surface area contributed by atoms with E-state index in [0.717, 1.165) is 5.56 Å². The molecule has 18 heavy (non-hydrogen) atoms. The standard InChI is InChI=1S/C15H13NO2/c17-15-12-8-4-5-9-13(12)18-14(16-15)10-11-6-2-1-3-7-11/h1-9,14H,10H2,(H,16,17). The Kier molecular flexibility index (Phi) is 2.73. The molecule has 0 spiro atoms. The average Bonchev–Trinajstić information content (AvgIpc) is 2.40. The highest BCUT2D eigenvalue weighted by Gasteiger charge is 2.24. The van der Waals surface area contributed by atoms with Crippen LogP contribution in [-0.2, 0) is 6.42 Å². The number of rotatable bonds is 2. The minimum atomic E-state index is -0.296. The van der Waals surface area contributed by atoms with Crippen LogP contribution in [0.2, 0.25) is 0 Å². The SMILES string of the molecule is O=C1NC(Cc2ccccc2)Oc2ccccc21. The molecule has 0 bridgehead atoms. The van der Waals surface area contributed by atoms with Gasteiger partial charge in [-0.05, 0) is 17.7 Å². The molecule has 1 heterocycles. The number of ether oxygens (including phenoxy) is 1. The maximum atomic E-state index is 11.9. The van der Waals surface area contributed by atoms with Crippen LogP contribution in [0.25, 0.3) is 0 Å². The number of fused-ring (bicyclic) bond motifs is 1. The van der Waals surface area contributed by atoms with E-state index in [1.165, 1.54) is 0 Å². The third kappa shape index (κ3) is 2.07. The van der Waals surface area contributed by atoms with E-state index >= 15 is 0 Å². The van der Waals surface area contributed by atoms with Crippen LogP contribution in [-0.4, -0.2) is 12.1 Å². The molecule has 3 nitrogen and oxygen atoms in total. The van der Waals surface area contributed by atoms with Gasteiger partial charge in [-0.25, -0.2) is 0 Å². The second-order valence-electron chi connectivity index (χ2n) is 4.27. The number of carbonyl (C=O) groups excluding carboxylic acids is 1. The van der Waals surface area contributed by atoms with Gasteiger partial charge in [0, 0.05) is 6.42 Å². The summed E-state index contributed by atoms with van der Waals surface area (Å²) in [5.41, 5.74) is 1.74. The van der Waals surface area contributed by atoms with E-state index in [9.17, 15) is 4.79 Å². The summed E-state index contributed by atoms with van der Waals surface area (Å²) in [4.78, 5) is 11.9. The van der Waals surface area contributed by atoms with Gasteiger partial charge in [0.05, 0.1) is 5.56 Å². The van der Waals surface area contributed by atoms with Crippen LogP contribution < -0.4 is 10.1 Å². The lowest BCUT2D eigenvalue weighted by Crippen LogP contribution is -2.44. The Morgan fingerprint density at radius 3 is 2.56 bits per heavy atom. The quantitative estimate of drug-likeness (QED) is 0.873. The van der Waals surface area contributed by atoms with Gasteiger partial charge in [0.1, 0.15) is 5.75 Å². The van der Waals surface area contributed by atoms with Crippen LogP contribution in [0.4, 0.5) is 0 Å². The molecule has 0 saturated heterocycles. The van der Waals surface area contributed by atoms with Crippen LogP contribution in [0.15, 0.2) is 54.6 Å². The Bertz CT molecular complexity index is 566. The molecular weight excluding hydrogens is 226 g/mol. The number of benzene rings is 2. The molecule has 1 aliphatic heterocycles. The van der Waals surface area contributed by atoms with Crippen molar-refractivity contribution in [3.8, 4) is 5.75 Å². The van der Waals surface area contributed by atoms with Crippen molar-refractivity contribution in [2.75, 3.05) is 0 Å². The number of hydrogen-bond acceptors (Lipinski definition) is 2. The zero-order valence-electron chi connectivity index (χ0n) is 9.80. The molecule has 3 rings (SSSR count). The lowest BCUT2D eigenvalue weighted by molar-refractivity contribution is 0.0758. The predicted molar refractivity (Wildman–Crippen MR) is 68.5 cm³/mol. The Morgan fingerprint density at radius 1 is 1.00 bits per heavy atom. The maximum Gasteiger partial charge on any atom is 0.257 e. The Balaban J connectivity index is 1.80. The van der Waals surface area contributed by atoms with Crippen molar-refractivity contribution in [3.05, 3.63) is 65.7 Å². The summed E-state index contributed by atoms with van der Waals surface area (Å²) >= 11 is 0. The van der Waals surface area contributed by atoms with Gasteiger partial charge in [-0.1, -0.05) is 42.5 Å². The highest BCUT2D eigenvalue weighted by atomic mass is 16.5. The molecule has 2 aromatic carbocycles. The lowest BCUT2D eigenvalue weighted by Gasteiger charge is -2.26. The van der Waals surface area contributed by atoms with Gasteiger partial charge < -0.3 is 10.1 Å². The van der Waals surface area contributed by atoms with Crippen molar-refractivity contribution in [1.82, 2.24) is 5.32 Å². The smallest absolute Gasteiger partial charge is 0.257 e. The van der Waals surface area contributed by atoms with Crippen LogP contribution >= 0.6 is 0 Å². The van der Waals surface area contributed by atoms with Gasteiger partial charge in [-0.2, -0.15) is 0 Å². The monoisotopic (exact) mass is 239 g/mol. The number of nitrogens with one attached hydrogen (secondary N) is 1. The maximum absolute atomic E-state index is 11.9. The Morgan fingerprint density at radius 2 is 1.72 bits per heavy atom. The molecule has 0 radical (unpaired) electrons. The fourth-order valence-electron chi connectivity index (χ4n) is 2.08. The number of para-hydroxylation sites is 1. The summed E-state index contributed by atoms with van der Waals surface area (Å²) in [6.45, 7) is 0. The minimum absolute atomic E-state index is 0.0715. The molecule has 1 N–H and O–H groups in total. The molecule has 90 valence electrons. The van der Waals surface area contributed by atoms with Crippen molar-refractivity contribution in [3.63, 3.8) is 0 Å². The van der Waals surface area contributed by atoms with Crippen LogP contribution in [0.5, 0.6) is 5.75 Å². The summed E-state index contributed by atoms with van der Waals surface area (Å²) in [6, 6.07) is 17.3. The number of hydrogen-bond donors (Lipinski definition) is 1. The van der Waals surface area contributed by atoms with Crippen molar-refractivity contribution in [2.24, 2.45) is 0 Å². The first-order chi connectivity index (χ1) is 8.83. The first kappa shape index (κ1) is 10.8. The third-order valence-corrected chi connectivity index (χ3v) is 2.96. The molecule has 1 aliphatic rings. The fraction of sp³-hybridized carbons (Fsp3) is 0.133. The van der Waals surface area contributed by atoms with Gasteiger partial charge >= 0.3 is 0 Å².